The monoisotopic (exact) mass is 387 g/mol. The van der Waals surface area contributed by atoms with Crippen molar-refractivity contribution in [3.8, 4) is 0 Å². The second-order valence-electron chi connectivity index (χ2n) is 5.71. The van der Waals surface area contributed by atoms with Gasteiger partial charge in [0.15, 0.2) is 0 Å². The van der Waals surface area contributed by atoms with Crippen LogP contribution in [0.1, 0.15) is 16.2 Å². The number of aromatic nitrogens is 2. The minimum absolute atomic E-state index is 0.0150. The number of fused-ring (bicyclic) bond motifs is 1. The summed E-state index contributed by atoms with van der Waals surface area (Å²) < 4.78 is 6.26. The quantitative estimate of drug-likeness (QED) is 0.641. The van der Waals surface area contributed by atoms with Gasteiger partial charge in [-0.25, -0.2) is 9.78 Å². The Kier molecular flexibility index (Phi) is 5.63. The Balaban J connectivity index is 2.01. The SMILES string of the molecule is COCCc1nc2scc(C(=O)O)c2c(=O)n1CC(=O)Nc1ccccc1. The van der Waals surface area contributed by atoms with E-state index in [1.54, 1.807) is 24.3 Å². The van der Waals surface area contributed by atoms with Gasteiger partial charge in [0.1, 0.15) is 17.2 Å². The second-order valence-corrected chi connectivity index (χ2v) is 6.57. The summed E-state index contributed by atoms with van der Waals surface area (Å²) in [5.41, 5.74) is -0.0549. The van der Waals surface area contributed by atoms with Crippen molar-refractivity contribution < 1.29 is 19.4 Å². The normalized spacial score (nSPS) is 10.9. The van der Waals surface area contributed by atoms with E-state index in [0.29, 0.717) is 29.4 Å². The highest BCUT2D eigenvalue weighted by atomic mass is 32.1. The van der Waals surface area contributed by atoms with Crippen LogP contribution in [0.25, 0.3) is 10.2 Å². The van der Waals surface area contributed by atoms with Crippen molar-refractivity contribution in [1.82, 2.24) is 9.55 Å². The molecule has 0 saturated carbocycles. The third-order valence-electron chi connectivity index (χ3n) is 3.89. The first-order chi connectivity index (χ1) is 13.0. The molecule has 0 bridgehead atoms. The second kappa shape index (κ2) is 8.11. The smallest absolute Gasteiger partial charge is 0.337 e. The first-order valence-corrected chi connectivity index (χ1v) is 8.97. The number of carboxylic acid groups (broad SMARTS) is 1. The number of nitrogens with one attached hydrogen (secondary N) is 1. The summed E-state index contributed by atoms with van der Waals surface area (Å²) in [5, 5.41) is 13.4. The molecule has 0 aliphatic rings. The zero-order valence-corrected chi connectivity index (χ0v) is 15.3. The third kappa shape index (κ3) is 4.04. The molecule has 0 atom stereocenters. The van der Waals surface area contributed by atoms with Gasteiger partial charge < -0.3 is 15.2 Å². The van der Waals surface area contributed by atoms with E-state index in [-0.39, 0.29) is 17.5 Å². The van der Waals surface area contributed by atoms with Crippen LogP contribution in [0, 0.1) is 0 Å². The molecule has 3 rings (SSSR count). The first-order valence-electron chi connectivity index (χ1n) is 8.09. The summed E-state index contributed by atoms with van der Waals surface area (Å²) in [5.74, 6) is -1.24. The predicted octanol–water partition coefficient (Wildman–Crippen LogP) is 1.98. The van der Waals surface area contributed by atoms with E-state index >= 15 is 0 Å². The molecular formula is C18H17N3O5S. The molecule has 1 aromatic carbocycles. The highest BCUT2D eigenvalue weighted by Gasteiger charge is 2.20. The fourth-order valence-corrected chi connectivity index (χ4v) is 3.56. The van der Waals surface area contributed by atoms with Crippen LogP contribution in [-0.4, -0.2) is 40.3 Å². The van der Waals surface area contributed by atoms with Crippen LogP contribution in [0.3, 0.4) is 0 Å². The zero-order valence-electron chi connectivity index (χ0n) is 14.5. The Bertz CT molecular complexity index is 1040. The number of thiophene rings is 1. The predicted molar refractivity (Wildman–Crippen MR) is 101 cm³/mol. The van der Waals surface area contributed by atoms with Crippen molar-refractivity contribution in [1.29, 1.82) is 0 Å². The van der Waals surface area contributed by atoms with E-state index in [9.17, 15) is 19.5 Å². The Hall–Kier alpha value is -3.04. The lowest BCUT2D eigenvalue weighted by atomic mass is 10.2. The highest BCUT2D eigenvalue weighted by Crippen LogP contribution is 2.22. The Morgan fingerprint density at radius 3 is 2.70 bits per heavy atom. The summed E-state index contributed by atoms with van der Waals surface area (Å²) in [6, 6.07) is 8.85. The molecule has 0 radical (unpaired) electrons. The molecule has 3 aromatic rings. The van der Waals surface area contributed by atoms with Crippen LogP contribution in [0.15, 0.2) is 40.5 Å². The molecule has 0 fully saturated rings. The number of methoxy groups -OCH3 is 1. The third-order valence-corrected chi connectivity index (χ3v) is 4.76. The van der Waals surface area contributed by atoms with Crippen molar-refractivity contribution in [2.75, 3.05) is 19.0 Å². The maximum Gasteiger partial charge on any atom is 0.337 e. The maximum atomic E-state index is 12.9. The summed E-state index contributed by atoms with van der Waals surface area (Å²) in [6.45, 7) is 0.0417. The Morgan fingerprint density at radius 2 is 2.04 bits per heavy atom. The van der Waals surface area contributed by atoms with Crippen molar-refractivity contribution >= 4 is 39.1 Å². The summed E-state index contributed by atoms with van der Waals surface area (Å²) in [4.78, 5) is 41.5. The van der Waals surface area contributed by atoms with E-state index in [1.807, 2.05) is 6.07 Å². The number of nitrogens with zero attached hydrogens (tertiary/aromatic N) is 2. The number of rotatable bonds is 7. The van der Waals surface area contributed by atoms with Crippen molar-refractivity contribution in [2.24, 2.45) is 0 Å². The standard InChI is InChI=1S/C18H17N3O5S/c1-26-8-7-13-20-16-15(12(10-27-16)18(24)25)17(23)21(13)9-14(22)19-11-5-3-2-4-6-11/h2-6,10H,7-9H2,1H3,(H,19,22)(H,24,25). The molecule has 1 amide bonds. The molecular weight excluding hydrogens is 370 g/mol. The zero-order chi connectivity index (χ0) is 19.4. The number of amides is 1. The van der Waals surface area contributed by atoms with E-state index in [4.69, 9.17) is 4.74 Å². The van der Waals surface area contributed by atoms with Gasteiger partial charge in [0.25, 0.3) is 5.56 Å². The molecule has 27 heavy (non-hydrogen) atoms. The number of ether oxygens (including phenoxy) is 1. The number of hydrogen-bond donors (Lipinski definition) is 2. The average Bonchev–Trinajstić information content (AvgIpc) is 3.08. The van der Waals surface area contributed by atoms with Crippen molar-refractivity contribution in [2.45, 2.75) is 13.0 Å². The lowest BCUT2D eigenvalue weighted by Crippen LogP contribution is -2.32. The van der Waals surface area contributed by atoms with Gasteiger partial charge in [-0.2, -0.15) is 0 Å². The van der Waals surface area contributed by atoms with Crippen molar-refractivity contribution in [3.63, 3.8) is 0 Å². The summed E-state index contributed by atoms with van der Waals surface area (Å²) in [7, 11) is 1.52. The minimum Gasteiger partial charge on any atom is -0.478 e. The van der Waals surface area contributed by atoms with Gasteiger partial charge in [-0.05, 0) is 12.1 Å². The molecule has 0 aliphatic carbocycles. The number of para-hydroxylation sites is 1. The number of hydrogen-bond acceptors (Lipinski definition) is 6. The molecule has 140 valence electrons. The molecule has 0 saturated heterocycles. The van der Waals surface area contributed by atoms with Crippen LogP contribution >= 0.6 is 11.3 Å². The lowest BCUT2D eigenvalue weighted by Gasteiger charge is -2.12. The molecule has 9 heteroatoms. The van der Waals surface area contributed by atoms with Gasteiger partial charge in [0, 0.05) is 24.6 Å². The maximum absolute atomic E-state index is 12.9. The minimum atomic E-state index is -1.20. The van der Waals surface area contributed by atoms with Gasteiger partial charge >= 0.3 is 5.97 Å². The van der Waals surface area contributed by atoms with Gasteiger partial charge in [0.05, 0.1) is 17.6 Å². The molecule has 8 nitrogen and oxygen atoms in total. The van der Waals surface area contributed by atoms with Crippen molar-refractivity contribution in [3.05, 3.63) is 57.5 Å². The number of benzene rings is 1. The van der Waals surface area contributed by atoms with Crippen LogP contribution in [0.2, 0.25) is 0 Å². The van der Waals surface area contributed by atoms with E-state index in [0.717, 1.165) is 11.3 Å². The molecule has 0 aliphatic heterocycles. The van der Waals surface area contributed by atoms with E-state index in [2.05, 4.69) is 10.3 Å². The molecule has 2 N–H and O–H groups in total. The van der Waals surface area contributed by atoms with E-state index < -0.39 is 17.4 Å². The number of anilines is 1. The Labute approximate surface area is 158 Å². The van der Waals surface area contributed by atoms with Crippen LogP contribution in [0.5, 0.6) is 0 Å². The largest absolute Gasteiger partial charge is 0.478 e. The summed E-state index contributed by atoms with van der Waals surface area (Å²) >= 11 is 1.09. The number of carbonyl (C=O) groups excluding carboxylic acids is 1. The fourth-order valence-electron chi connectivity index (χ4n) is 2.64. The highest BCUT2D eigenvalue weighted by molar-refractivity contribution is 7.17. The average molecular weight is 387 g/mol. The molecule has 2 heterocycles. The topological polar surface area (TPSA) is 111 Å². The Morgan fingerprint density at radius 1 is 1.30 bits per heavy atom. The molecule has 0 unspecified atom stereocenters. The van der Waals surface area contributed by atoms with Gasteiger partial charge in [-0.1, -0.05) is 18.2 Å². The van der Waals surface area contributed by atoms with Gasteiger partial charge in [-0.15, -0.1) is 11.3 Å². The van der Waals surface area contributed by atoms with Crippen LogP contribution in [-0.2, 0) is 22.5 Å². The van der Waals surface area contributed by atoms with Gasteiger partial charge in [-0.3, -0.25) is 14.2 Å². The lowest BCUT2D eigenvalue weighted by molar-refractivity contribution is -0.116. The van der Waals surface area contributed by atoms with E-state index in [1.165, 1.54) is 17.1 Å². The summed E-state index contributed by atoms with van der Waals surface area (Å²) in [6.07, 6.45) is 0.320. The number of aromatic carboxylic acids is 1. The van der Waals surface area contributed by atoms with Gasteiger partial charge in [0.2, 0.25) is 5.91 Å². The molecule has 2 aromatic heterocycles. The number of carbonyl (C=O) groups is 2. The van der Waals surface area contributed by atoms with Crippen LogP contribution in [0.4, 0.5) is 5.69 Å². The first kappa shape index (κ1) is 18.7. The fraction of sp³-hybridized carbons (Fsp3) is 0.222. The van der Waals surface area contributed by atoms with Crippen LogP contribution < -0.4 is 10.9 Å². The molecule has 0 spiro atoms. The number of carboxylic acids is 1.